The van der Waals surface area contributed by atoms with Gasteiger partial charge in [0.25, 0.3) is 0 Å². The lowest BCUT2D eigenvalue weighted by molar-refractivity contribution is 0.0999. The van der Waals surface area contributed by atoms with Gasteiger partial charge in [0.05, 0.1) is 0 Å². The molecule has 19 heavy (non-hydrogen) atoms. The maximum absolute atomic E-state index is 11.3. The molecule has 0 heterocycles. The van der Waals surface area contributed by atoms with Crippen LogP contribution < -0.4 is 11.5 Å². The zero-order chi connectivity index (χ0) is 14.0. The molecule has 0 aromatic heterocycles. The van der Waals surface area contributed by atoms with Gasteiger partial charge in [-0.05, 0) is 49.2 Å². The van der Waals surface area contributed by atoms with E-state index < -0.39 is 5.91 Å². The summed E-state index contributed by atoms with van der Waals surface area (Å²) < 4.78 is 0. The highest BCUT2D eigenvalue weighted by Gasteiger charge is 2.10. The lowest BCUT2D eigenvalue weighted by Crippen LogP contribution is -2.12. The van der Waals surface area contributed by atoms with Crippen LogP contribution in [-0.4, -0.2) is 5.91 Å². The average molecular weight is 272 g/mol. The Hall–Kier alpha value is -1.94. The minimum absolute atomic E-state index is 0.406. The maximum atomic E-state index is 11.3. The molecular formula is C15H16N2OS. The Morgan fingerprint density at radius 1 is 1.11 bits per heavy atom. The van der Waals surface area contributed by atoms with Crippen LogP contribution in [0, 0.1) is 13.8 Å². The van der Waals surface area contributed by atoms with Gasteiger partial charge >= 0.3 is 0 Å². The number of anilines is 1. The molecule has 3 nitrogen and oxygen atoms in total. The molecule has 0 atom stereocenters. The predicted molar refractivity (Wildman–Crippen MR) is 79.4 cm³/mol. The first-order chi connectivity index (χ1) is 8.99. The van der Waals surface area contributed by atoms with E-state index in [-0.39, 0.29) is 0 Å². The standard InChI is InChI=1S/C15H16N2OS/c1-9-6-7-14(12(16)8-9)19-13-5-3-4-11(10(13)2)15(17)18/h3-8H,16H2,1-2H3,(H2,17,18). The molecule has 4 N–H and O–H groups in total. The largest absolute Gasteiger partial charge is 0.398 e. The second-order valence-corrected chi connectivity index (χ2v) is 5.52. The van der Waals surface area contributed by atoms with Crippen LogP contribution in [0.5, 0.6) is 0 Å². The topological polar surface area (TPSA) is 69.1 Å². The summed E-state index contributed by atoms with van der Waals surface area (Å²) in [6, 6.07) is 11.5. The van der Waals surface area contributed by atoms with E-state index in [1.165, 1.54) is 0 Å². The van der Waals surface area contributed by atoms with Crippen molar-refractivity contribution in [3.05, 3.63) is 53.1 Å². The van der Waals surface area contributed by atoms with Crippen LogP contribution in [0.2, 0.25) is 0 Å². The number of nitrogens with two attached hydrogens (primary N) is 2. The highest BCUT2D eigenvalue weighted by atomic mass is 32.2. The SMILES string of the molecule is Cc1ccc(Sc2cccc(C(N)=O)c2C)c(N)c1. The van der Waals surface area contributed by atoms with E-state index in [2.05, 4.69) is 0 Å². The number of carbonyl (C=O) groups is 1. The van der Waals surface area contributed by atoms with Crippen molar-refractivity contribution in [2.24, 2.45) is 5.73 Å². The lowest BCUT2D eigenvalue weighted by Gasteiger charge is -2.10. The number of amides is 1. The summed E-state index contributed by atoms with van der Waals surface area (Å²) >= 11 is 1.55. The van der Waals surface area contributed by atoms with Gasteiger partial charge in [0.2, 0.25) is 5.91 Å². The van der Waals surface area contributed by atoms with E-state index in [4.69, 9.17) is 11.5 Å². The van der Waals surface area contributed by atoms with Crippen LogP contribution in [-0.2, 0) is 0 Å². The number of primary amides is 1. The summed E-state index contributed by atoms with van der Waals surface area (Å²) in [5, 5.41) is 0. The molecule has 0 unspecified atom stereocenters. The number of aryl methyl sites for hydroxylation is 1. The minimum atomic E-state index is -0.406. The molecule has 1 amide bonds. The van der Waals surface area contributed by atoms with Gasteiger partial charge in [-0.1, -0.05) is 23.9 Å². The molecule has 0 spiro atoms. The first-order valence-corrected chi connectivity index (χ1v) is 6.74. The Morgan fingerprint density at radius 2 is 1.84 bits per heavy atom. The molecule has 0 aliphatic carbocycles. The third-order valence-corrected chi connectivity index (χ3v) is 4.19. The van der Waals surface area contributed by atoms with Crippen LogP contribution in [0.1, 0.15) is 21.5 Å². The van der Waals surface area contributed by atoms with Gasteiger partial charge in [0.1, 0.15) is 0 Å². The van der Waals surface area contributed by atoms with Crippen LogP contribution >= 0.6 is 11.8 Å². The van der Waals surface area contributed by atoms with Crippen molar-refractivity contribution in [2.75, 3.05) is 5.73 Å². The molecule has 4 heteroatoms. The Kier molecular flexibility index (Phi) is 3.81. The number of hydrogen-bond donors (Lipinski definition) is 2. The Morgan fingerprint density at radius 3 is 2.47 bits per heavy atom. The number of benzene rings is 2. The molecule has 0 saturated heterocycles. The molecule has 2 aromatic rings. The van der Waals surface area contributed by atoms with Crippen molar-refractivity contribution in [1.82, 2.24) is 0 Å². The highest BCUT2D eigenvalue weighted by Crippen LogP contribution is 2.35. The maximum Gasteiger partial charge on any atom is 0.249 e. The summed E-state index contributed by atoms with van der Waals surface area (Å²) in [5.74, 6) is -0.406. The first kappa shape index (κ1) is 13.5. The molecule has 0 radical (unpaired) electrons. The van der Waals surface area contributed by atoms with Gasteiger partial charge in [-0.15, -0.1) is 0 Å². The zero-order valence-corrected chi connectivity index (χ0v) is 11.8. The van der Waals surface area contributed by atoms with E-state index in [1.807, 2.05) is 44.2 Å². The molecule has 98 valence electrons. The molecule has 0 aliphatic rings. The fourth-order valence-corrected chi connectivity index (χ4v) is 2.83. The molecule has 0 aliphatic heterocycles. The summed E-state index contributed by atoms with van der Waals surface area (Å²) in [6.07, 6.45) is 0. The first-order valence-electron chi connectivity index (χ1n) is 5.92. The molecule has 0 fully saturated rings. The second-order valence-electron chi connectivity index (χ2n) is 4.44. The number of hydrogen-bond acceptors (Lipinski definition) is 3. The number of carbonyl (C=O) groups excluding carboxylic acids is 1. The average Bonchev–Trinajstić information content (AvgIpc) is 2.34. The van der Waals surface area contributed by atoms with Crippen molar-refractivity contribution in [1.29, 1.82) is 0 Å². The van der Waals surface area contributed by atoms with E-state index in [0.717, 1.165) is 26.6 Å². The second kappa shape index (κ2) is 5.36. The molecule has 2 aromatic carbocycles. The van der Waals surface area contributed by atoms with Gasteiger partial charge < -0.3 is 11.5 Å². The van der Waals surface area contributed by atoms with Crippen LogP contribution in [0.4, 0.5) is 5.69 Å². The Labute approximate surface area is 117 Å². The van der Waals surface area contributed by atoms with Crippen molar-refractivity contribution < 1.29 is 4.79 Å². The molecule has 0 bridgehead atoms. The summed E-state index contributed by atoms with van der Waals surface area (Å²) in [6.45, 7) is 3.90. The van der Waals surface area contributed by atoms with Crippen molar-refractivity contribution in [2.45, 2.75) is 23.6 Å². The smallest absolute Gasteiger partial charge is 0.249 e. The van der Waals surface area contributed by atoms with Gasteiger partial charge in [-0.3, -0.25) is 4.79 Å². The third kappa shape index (κ3) is 2.90. The quantitative estimate of drug-likeness (QED) is 0.843. The number of nitrogen functional groups attached to an aromatic ring is 1. The van der Waals surface area contributed by atoms with Crippen molar-refractivity contribution >= 4 is 23.4 Å². The molecular weight excluding hydrogens is 256 g/mol. The Bertz CT molecular complexity index is 638. The van der Waals surface area contributed by atoms with Gasteiger partial charge in [-0.25, -0.2) is 0 Å². The van der Waals surface area contributed by atoms with Gasteiger partial charge in [0.15, 0.2) is 0 Å². The zero-order valence-electron chi connectivity index (χ0n) is 10.9. The van der Waals surface area contributed by atoms with E-state index >= 15 is 0 Å². The molecule has 2 rings (SSSR count). The lowest BCUT2D eigenvalue weighted by atomic mass is 10.1. The van der Waals surface area contributed by atoms with Gasteiger partial charge in [0, 0.05) is 21.0 Å². The summed E-state index contributed by atoms with van der Waals surface area (Å²) in [4.78, 5) is 13.3. The van der Waals surface area contributed by atoms with Crippen LogP contribution in [0.25, 0.3) is 0 Å². The number of rotatable bonds is 3. The van der Waals surface area contributed by atoms with E-state index in [9.17, 15) is 4.79 Å². The van der Waals surface area contributed by atoms with Crippen LogP contribution in [0.3, 0.4) is 0 Å². The van der Waals surface area contributed by atoms with Crippen LogP contribution in [0.15, 0.2) is 46.2 Å². The highest BCUT2D eigenvalue weighted by molar-refractivity contribution is 7.99. The fraction of sp³-hybridized carbons (Fsp3) is 0.133. The molecule has 0 saturated carbocycles. The van der Waals surface area contributed by atoms with Gasteiger partial charge in [-0.2, -0.15) is 0 Å². The minimum Gasteiger partial charge on any atom is -0.398 e. The monoisotopic (exact) mass is 272 g/mol. The third-order valence-electron chi connectivity index (χ3n) is 2.93. The fourth-order valence-electron chi connectivity index (χ4n) is 1.87. The van der Waals surface area contributed by atoms with Crippen molar-refractivity contribution in [3.63, 3.8) is 0 Å². The van der Waals surface area contributed by atoms with E-state index in [1.54, 1.807) is 17.8 Å². The summed E-state index contributed by atoms with van der Waals surface area (Å²) in [7, 11) is 0. The van der Waals surface area contributed by atoms with Crippen molar-refractivity contribution in [3.8, 4) is 0 Å². The normalized spacial score (nSPS) is 10.4. The Balaban J connectivity index is 2.38. The van der Waals surface area contributed by atoms with E-state index in [0.29, 0.717) is 5.56 Å². The predicted octanol–water partition coefficient (Wildman–Crippen LogP) is 3.14. The summed E-state index contributed by atoms with van der Waals surface area (Å²) in [5.41, 5.74) is 14.7.